The van der Waals surface area contributed by atoms with Crippen molar-refractivity contribution in [2.45, 2.75) is 6.54 Å². The number of hydrogen-bond acceptors (Lipinski definition) is 2. The fourth-order valence-electron chi connectivity index (χ4n) is 1.53. The summed E-state index contributed by atoms with van der Waals surface area (Å²) < 4.78 is 26.7. The molecule has 0 atom stereocenters. The molecule has 0 fully saturated rings. The molecule has 0 unspecified atom stereocenters. The van der Waals surface area contributed by atoms with Crippen LogP contribution in [-0.4, -0.2) is 0 Å². The van der Waals surface area contributed by atoms with E-state index in [4.69, 9.17) is 5.73 Å². The van der Waals surface area contributed by atoms with Crippen molar-refractivity contribution in [2.75, 3.05) is 11.1 Å². The van der Waals surface area contributed by atoms with Crippen molar-refractivity contribution in [1.82, 2.24) is 0 Å². The van der Waals surface area contributed by atoms with E-state index in [9.17, 15) is 8.78 Å². The van der Waals surface area contributed by atoms with E-state index in [-0.39, 0.29) is 0 Å². The molecule has 0 spiro atoms. The average molecular weight is 313 g/mol. The molecule has 0 aromatic heterocycles. The largest absolute Gasteiger partial charge is 0.397 e. The number of halogens is 3. The first kappa shape index (κ1) is 12.8. The van der Waals surface area contributed by atoms with Gasteiger partial charge in [-0.2, -0.15) is 0 Å². The standard InChI is InChI=1S/C13H11BrF2N2/c14-9-2-4-12(17)13(6-9)18-7-8-1-3-10(15)11(16)5-8/h1-6,18H,7,17H2. The Balaban J connectivity index is 2.11. The predicted octanol–water partition coefficient (Wildman–Crippen LogP) is 3.92. The lowest BCUT2D eigenvalue weighted by molar-refractivity contribution is 0.507. The minimum absolute atomic E-state index is 0.373. The summed E-state index contributed by atoms with van der Waals surface area (Å²) in [5.41, 5.74) is 7.78. The Kier molecular flexibility index (Phi) is 3.81. The number of benzene rings is 2. The van der Waals surface area contributed by atoms with Crippen LogP contribution in [0.2, 0.25) is 0 Å². The molecule has 2 aromatic rings. The molecule has 94 valence electrons. The van der Waals surface area contributed by atoms with Gasteiger partial charge in [0.2, 0.25) is 0 Å². The van der Waals surface area contributed by atoms with Crippen LogP contribution in [0.15, 0.2) is 40.9 Å². The number of hydrogen-bond donors (Lipinski definition) is 2. The highest BCUT2D eigenvalue weighted by atomic mass is 79.9. The lowest BCUT2D eigenvalue weighted by Crippen LogP contribution is -2.03. The zero-order valence-corrected chi connectivity index (χ0v) is 11.0. The first-order chi connectivity index (χ1) is 8.56. The van der Waals surface area contributed by atoms with E-state index in [2.05, 4.69) is 21.2 Å². The van der Waals surface area contributed by atoms with E-state index in [1.54, 1.807) is 6.07 Å². The van der Waals surface area contributed by atoms with Gasteiger partial charge in [-0.15, -0.1) is 0 Å². The number of nitrogens with two attached hydrogens (primary N) is 1. The van der Waals surface area contributed by atoms with Crippen molar-refractivity contribution < 1.29 is 8.78 Å². The molecule has 3 N–H and O–H groups in total. The summed E-state index contributed by atoms with van der Waals surface area (Å²) in [5, 5.41) is 3.07. The zero-order valence-electron chi connectivity index (χ0n) is 9.38. The van der Waals surface area contributed by atoms with E-state index in [1.807, 2.05) is 12.1 Å². The van der Waals surface area contributed by atoms with Gasteiger partial charge in [-0.05, 0) is 35.9 Å². The molecule has 0 aliphatic rings. The summed E-state index contributed by atoms with van der Waals surface area (Å²) in [6, 6.07) is 9.22. The van der Waals surface area contributed by atoms with Crippen LogP contribution in [0.4, 0.5) is 20.2 Å². The third kappa shape index (κ3) is 2.98. The molecule has 0 heterocycles. The van der Waals surface area contributed by atoms with Crippen LogP contribution in [-0.2, 0) is 6.54 Å². The van der Waals surface area contributed by atoms with Crippen LogP contribution in [0.1, 0.15) is 5.56 Å². The molecule has 0 saturated carbocycles. The Hall–Kier alpha value is -1.62. The summed E-state index contributed by atoms with van der Waals surface area (Å²) >= 11 is 3.34. The average Bonchev–Trinajstić information content (AvgIpc) is 2.34. The third-order valence-corrected chi connectivity index (χ3v) is 2.98. The van der Waals surface area contributed by atoms with Crippen molar-refractivity contribution >= 4 is 27.3 Å². The van der Waals surface area contributed by atoms with E-state index in [0.29, 0.717) is 17.8 Å². The first-order valence-corrected chi connectivity index (χ1v) is 6.08. The highest BCUT2D eigenvalue weighted by Gasteiger charge is 2.04. The lowest BCUT2D eigenvalue weighted by Gasteiger charge is -2.10. The van der Waals surface area contributed by atoms with Crippen LogP contribution in [0.25, 0.3) is 0 Å². The maximum atomic E-state index is 13.0. The van der Waals surface area contributed by atoms with Gasteiger partial charge in [0, 0.05) is 11.0 Å². The molecule has 0 amide bonds. The summed E-state index contributed by atoms with van der Waals surface area (Å²) in [6.45, 7) is 0.373. The van der Waals surface area contributed by atoms with Gasteiger partial charge in [0.1, 0.15) is 0 Å². The molecular formula is C13H11BrF2N2. The fourth-order valence-corrected chi connectivity index (χ4v) is 1.89. The second-order valence-corrected chi connectivity index (χ2v) is 4.75. The van der Waals surface area contributed by atoms with E-state index < -0.39 is 11.6 Å². The van der Waals surface area contributed by atoms with Crippen molar-refractivity contribution in [2.24, 2.45) is 0 Å². The van der Waals surface area contributed by atoms with Crippen LogP contribution in [0.5, 0.6) is 0 Å². The molecule has 18 heavy (non-hydrogen) atoms. The highest BCUT2D eigenvalue weighted by molar-refractivity contribution is 9.10. The molecule has 2 rings (SSSR count). The van der Waals surface area contributed by atoms with Gasteiger partial charge in [0.05, 0.1) is 11.4 Å². The van der Waals surface area contributed by atoms with Crippen molar-refractivity contribution in [3.05, 3.63) is 58.1 Å². The van der Waals surface area contributed by atoms with Crippen LogP contribution in [0, 0.1) is 11.6 Å². The minimum atomic E-state index is -0.850. The number of anilines is 2. The van der Waals surface area contributed by atoms with Crippen LogP contribution >= 0.6 is 15.9 Å². The third-order valence-electron chi connectivity index (χ3n) is 2.48. The molecule has 0 aliphatic carbocycles. The highest BCUT2D eigenvalue weighted by Crippen LogP contribution is 2.24. The van der Waals surface area contributed by atoms with E-state index in [0.717, 1.165) is 22.3 Å². The number of nitrogens with one attached hydrogen (secondary N) is 1. The Morgan fingerprint density at radius 1 is 1.06 bits per heavy atom. The lowest BCUT2D eigenvalue weighted by atomic mass is 10.2. The van der Waals surface area contributed by atoms with Gasteiger partial charge in [0.15, 0.2) is 11.6 Å². The summed E-state index contributed by atoms with van der Waals surface area (Å²) in [6.07, 6.45) is 0. The quantitative estimate of drug-likeness (QED) is 0.843. The molecule has 0 aliphatic heterocycles. The first-order valence-electron chi connectivity index (χ1n) is 5.29. The second kappa shape index (κ2) is 5.35. The zero-order chi connectivity index (χ0) is 13.1. The molecule has 0 radical (unpaired) electrons. The van der Waals surface area contributed by atoms with Crippen LogP contribution in [0.3, 0.4) is 0 Å². The predicted molar refractivity (Wildman–Crippen MR) is 72.2 cm³/mol. The molecule has 2 aromatic carbocycles. The summed E-state index contributed by atoms with van der Waals surface area (Å²) in [7, 11) is 0. The molecule has 0 bridgehead atoms. The van der Waals surface area contributed by atoms with E-state index >= 15 is 0 Å². The number of rotatable bonds is 3. The van der Waals surface area contributed by atoms with Gasteiger partial charge >= 0.3 is 0 Å². The van der Waals surface area contributed by atoms with Crippen molar-refractivity contribution in [1.29, 1.82) is 0 Å². The van der Waals surface area contributed by atoms with Gasteiger partial charge in [0.25, 0.3) is 0 Å². The SMILES string of the molecule is Nc1ccc(Br)cc1NCc1ccc(F)c(F)c1. The van der Waals surface area contributed by atoms with Gasteiger partial charge in [-0.3, -0.25) is 0 Å². The molecule has 2 nitrogen and oxygen atoms in total. The maximum absolute atomic E-state index is 13.0. The van der Waals surface area contributed by atoms with Gasteiger partial charge in [-0.25, -0.2) is 8.78 Å². The smallest absolute Gasteiger partial charge is 0.159 e. The molecule has 5 heteroatoms. The minimum Gasteiger partial charge on any atom is -0.397 e. The van der Waals surface area contributed by atoms with Gasteiger partial charge in [-0.1, -0.05) is 22.0 Å². The molecule has 0 saturated heterocycles. The topological polar surface area (TPSA) is 38.0 Å². The summed E-state index contributed by atoms with van der Waals surface area (Å²) in [5.74, 6) is -1.70. The number of nitrogen functional groups attached to an aromatic ring is 1. The second-order valence-electron chi connectivity index (χ2n) is 3.83. The Morgan fingerprint density at radius 2 is 1.83 bits per heavy atom. The van der Waals surface area contributed by atoms with Crippen molar-refractivity contribution in [3.63, 3.8) is 0 Å². The Morgan fingerprint density at radius 3 is 2.56 bits per heavy atom. The van der Waals surface area contributed by atoms with Gasteiger partial charge < -0.3 is 11.1 Å². The Bertz CT molecular complexity index is 573. The van der Waals surface area contributed by atoms with E-state index in [1.165, 1.54) is 6.07 Å². The monoisotopic (exact) mass is 312 g/mol. The van der Waals surface area contributed by atoms with Crippen LogP contribution < -0.4 is 11.1 Å². The normalized spacial score (nSPS) is 10.4. The maximum Gasteiger partial charge on any atom is 0.159 e. The fraction of sp³-hybridized carbons (Fsp3) is 0.0769. The Labute approximate surface area is 112 Å². The summed E-state index contributed by atoms with van der Waals surface area (Å²) in [4.78, 5) is 0. The van der Waals surface area contributed by atoms with Crippen molar-refractivity contribution in [3.8, 4) is 0 Å². The molecular weight excluding hydrogens is 302 g/mol.